The summed E-state index contributed by atoms with van der Waals surface area (Å²) in [7, 11) is 3.09. The van der Waals surface area contributed by atoms with Gasteiger partial charge < -0.3 is 14.2 Å². The molecule has 0 saturated carbocycles. The molecule has 0 bridgehead atoms. The number of benzene rings is 2. The molecule has 0 spiro atoms. The van der Waals surface area contributed by atoms with E-state index in [1.165, 1.54) is 6.07 Å². The molecule has 0 aromatic heterocycles. The minimum Gasteiger partial charge on any atom is -0.493 e. The highest BCUT2D eigenvalue weighted by Gasteiger charge is 2.37. The lowest BCUT2D eigenvalue weighted by atomic mass is 9.84. The first kappa shape index (κ1) is 20.0. The van der Waals surface area contributed by atoms with E-state index in [0.29, 0.717) is 23.5 Å². The van der Waals surface area contributed by atoms with Gasteiger partial charge >= 0.3 is 12.1 Å². The van der Waals surface area contributed by atoms with Crippen LogP contribution in [0.4, 0.5) is 13.2 Å². The van der Waals surface area contributed by atoms with E-state index in [2.05, 4.69) is 0 Å². The van der Waals surface area contributed by atoms with Crippen LogP contribution in [0.5, 0.6) is 11.5 Å². The predicted octanol–water partition coefficient (Wildman–Crippen LogP) is 4.30. The highest BCUT2D eigenvalue weighted by Crippen LogP contribution is 2.34. The van der Waals surface area contributed by atoms with Gasteiger partial charge in [0.15, 0.2) is 11.5 Å². The molecule has 2 aromatic carbocycles. The van der Waals surface area contributed by atoms with E-state index in [9.17, 15) is 18.0 Å². The van der Waals surface area contributed by atoms with Crippen LogP contribution in [0.1, 0.15) is 16.7 Å². The Morgan fingerprint density at radius 1 is 1.00 bits per heavy atom. The summed E-state index contributed by atoms with van der Waals surface area (Å²) < 4.78 is 54.6. The van der Waals surface area contributed by atoms with Gasteiger partial charge in [-0.2, -0.15) is 13.2 Å². The molecular formula is C21H21F3O4. The second kappa shape index (κ2) is 8.12. The molecule has 4 nitrogen and oxygen atoms in total. The monoisotopic (exact) mass is 394 g/mol. The molecule has 1 heterocycles. The average Bonchev–Trinajstić information content (AvgIpc) is 3.01. The molecule has 28 heavy (non-hydrogen) atoms. The molecule has 2 unspecified atom stereocenters. The van der Waals surface area contributed by atoms with Crippen molar-refractivity contribution >= 4 is 5.97 Å². The summed E-state index contributed by atoms with van der Waals surface area (Å²) in [6.07, 6.45) is -3.65. The molecule has 3 rings (SSSR count). The SMILES string of the molecule is COc1ccc(CC2COC(=O)C2Cc2cccc(C(F)(F)F)c2)cc1OC. The maximum absolute atomic E-state index is 12.9. The Bertz CT molecular complexity index is 848. The number of hydrogen-bond donors (Lipinski definition) is 0. The number of halogens is 3. The second-order valence-corrected chi connectivity index (χ2v) is 6.79. The number of cyclic esters (lactones) is 1. The molecule has 0 amide bonds. The third-order valence-corrected chi connectivity index (χ3v) is 4.97. The van der Waals surface area contributed by atoms with Crippen molar-refractivity contribution in [3.05, 3.63) is 59.2 Å². The van der Waals surface area contributed by atoms with Crippen molar-refractivity contribution in [1.29, 1.82) is 0 Å². The van der Waals surface area contributed by atoms with Gasteiger partial charge in [-0.15, -0.1) is 0 Å². The van der Waals surface area contributed by atoms with E-state index in [1.807, 2.05) is 12.1 Å². The van der Waals surface area contributed by atoms with Crippen LogP contribution in [0.15, 0.2) is 42.5 Å². The number of hydrogen-bond acceptors (Lipinski definition) is 4. The van der Waals surface area contributed by atoms with Gasteiger partial charge in [0, 0.05) is 5.92 Å². The molecule has 2 atom stereocenters. The number of carbonyl (C=O) groups is 1. The Morgan fingerprint density at radius 3 is 2.39 bits per heavy atom. The lowest BCUT2D eigenvalue weighted by Crippen LogP contribution is -2.21. The van der Waals surface area contributed by atoms with Crippen molar-refractivity contribution in [1.82, 2.24) is 0 Å². The highest BCUT2D eigenvalue weighted by atomic mass is 19.4. The summed E-state index contributed by atoms with van der Waals surface area (Å²) in [5.74, 6) is 0.199. The Balaban J connectivity index is 1.77. The van der Waals surface area contributed by atoms with Crippen LogP contribution in [-0.2, 0) is 28.5 Å². The zero-order valence-corrected chi connectivity index (χ0v) is 15.6. The summed E-state index contributed by atoms with van der Waals surface area (Å²) in [6, 6.07) is 10.6. The number of methoxy groups -OCH3 is 2. The first-order valence-corrected chi connectivity index (χ1v) is 8.85. The standard InChI is InChI=1S/C21H21F3O4/c1-26-18-7-6-14(11-19(18)27-2)8-15-12-28-20(25)17(15)10-13-4-3-5-16(9-13)21(22,23)24/h3-7,9,11,15,17H,8,10,12H2,1-2H3. The Kier molecular flexibility index (Phi) is 5.82. The molecule has 150 valence electrons. The maximum atomic E-state index is 12.9. The molecule has 1 saturated heterocycles. The highest BCUT2D eigenvalue weighted by molar-refractivity contribution is 5.75. The van der Waals surface area contributed by atoms with Gasteiger partial charge in [0.05, 0.1) is 32.3 Å². The number of ether oxygens (including phenoxy) is 3. The summed E-state index contributed by atoms with van der Waals surface area (Å²) in [5, 5.41) is 0. The first-order chi connectivity index (χ1) is 13.3. The number of carbonyl (C=O) groups excluding carboxylic acids is 1. The third kappa shape index (κ3) is 4.40. The topological polar surface area (TPSA) is 44.8 Å². The lowest BCUT2D eigenvalue weighted by molar-refractivity contribution is -0.141. The van der Waals surface area contributed by atoms with Crippen molar-refractivity contribution in [2.45, 2.75) is 19.0 Å². The van der Waals surface area contributed by atoms with Crippen molar-refractivity contribution in [2.24, 2.45) is 11.8 Å². The molecular weight excluding hydrogens is 373 g/mol. The smallest absolute Gasteiger partial charge is 0.416 e. The fourth-order valence-electron chi connectivity index (χ4n) is 3.49. The molecule has 7 heteroatoms. The van der Waals surface area contributed by atoms with Crippen molar-refractivity contribution in [3.8, 4) is 11.5 Å². The fraction of sp³-hybridized carbons (Fsp3) is 0.381. The maximum Gasteiger partial charge on any atom is 0.416 e. The number of esters is 1. The van der Waals surface area contributed by atoms with Gasteiger partial charge in [0.1, 0.15) is 0 Å². The summed E-state index contributed by atoms with van der Waals surface area (Å²) in [5.41, 5.74) is 0.693. The lowest BCUT2D eigenvalue weighted by Gasteiger charge is -2.17. The Morgan fingerprint density at radius 2 is 1.71 bits per heavy atom. The van der Waals surface area contributed by atoms with Gasteiger partial charge in [-0.1, -0.05) is 24.3 Å². The van der Waals surface area contributed by atoms with E-state index in [-0.39, 0.29) is 24.9 Å². The molecule has 1 aliphatic rings. The average molecular weight is 394 g/mol. The van der Waals surface area contributed by atoms with Gasteiger partial charge in [0.2, 0.25) is 0 Å². The van der Waals surface area contributed by atoms with E-state index in [4.69, 9.17) is 14.2 Å². The van der Waals surface area contributed by atoms with Crippen molar-refractivity contribution in [3.63, 3.8) is 0 Å². The Hall–Kier alpha value is -2.70. The van der Waals surface area contributed by atoms with Gasteiger partial charge in [0.25, 0.3) is 0 Å². The first-order valence-electron chi connectivity index (χ1n) is 8.85. The normalized spacial score (nSPS) is 19.4. The minimum absolute atomic E-state index is 0.125. The van der Waals surface area contributed by atoms with Crippen LogP contribution in [-0.4, -0.2) is 26.8 Å². The number of alkyl halides is 3. The Labute approximate surface area is 161 Å². The summed E-state index contributed by atoms with van der Waals surface area (Å²) >= 11 is 0. The quantitative estimate of drug-likeness (QED) is 0.686. The van der Waals surface area contributed by atoms with Gasteiger partial charge in [-0.05, 0) is 42.2 Å². The molecule has 1 aliphatic heterocycles. The van der Waals surface area contributed by atoms with E-state index >= 15 is 0 Å². The van der Waals surface area contributed by atoms with Crippen molar-refractivity contribution < 1.29 is 32.2 Å². The van der Waals surface area contributed by atoms with Gasteiger partial charge in [-0.25, -0.2) is 0 Å². The van der Waals surface area contributed by atoms with E-state index in [0.717, 1.165) is 17.7 Å². The molecule has 0 aliphatic carbocycles. The number of rotatable bonds is 6. The molecule has 0 radical (unpaired) electrons. The largest absolute Gasteiger partial charge is 0.493 e. The molecule has 0 N–H and O–H groups in total. The summed E-state index contributed by atoms with van der Waals surface area (Å²) in [4.78, 5) is 12.2. The van der Waals surface area contributed by atoms with Crippen molar-refractivity contribution in [2.75, 3.05) is 20.8 Å². The third-order valence-electron chi connectivity index (χ3n) is 4.97. The van der Waals surface area contributed by atoms with E-state index in [1.54, 1.807) is 26.4 Å². The predicted molar refractivity (Wildman–Crippen MR) is 96.3 cm³/mol. The zero-order chi connectivity index (χ0) is 20.3. The van der Waals surface area contributed by atoms with E-state index < -0.39 is 17.7 Å². The molecule has 2 aromatic rings. The fourth-order valence-corrected chi connectivity index (χ4v) is 3.49. The van der Waals surface area contributed by atoms with Crippen LogP contribution in [0.25, 0.3) is 0 Å². The van der Waals surface area contributed by atoms with Crippen LogP contribution in [0.3, 0.4) is 0 Å². The second-order valence-electron chi connectivity index (χ2n) is 6.79. The zero-order valence-electron chi connectivity index (χ0n) is 15.6. The minimum atomic E-state index is -4.41. The van der Waals surface area contributed by atoms with Crippen LogP contribution >= 0.6 is 0 Å². The molecule has 1 fully saturated rings. The van der Waals surface area contributed by atoms with Crippen LogP contribution in [0.2, 0.25) is 0 Å². The summed E-state index contributed by atoms with van der Waals surface area (Å²) in [6.45, 7) is 0.247. The van der Waals surface area contributed by atoms with Crippen LogP contribution < -0.4 is 9.47 Å². The van der Waals surface area contributed by atoms with Gasteiger partial charge in [-0.3, -0.25) is 4.79 Å². The van der Waals surface area contributed by atoms with Crippen LogP contribution in [0, 0.1) is 11.8 Å².